The Bertz CT molecular complexity index is 178. The van der Waals surface area contributed by atoms with Gasteiger partial charge in [0.25, 0.3) is 0 Å². The summed E-state index contributed by atoms with van der Waals surface area (Å²) in [7, 11) is 0. The summed E-state index contributed by atoms with van der Waals surface area (Å²) in [6.45, 7) is 1.52. The lowest BCUT2D eigenvalue weighted by Gasteiger charge is -2.04. The van der Waals surface area contributed by atoms with Gasteiger partial charge < -0.3 is 15.2 Å². The van der Waals surface area contributed by atoms with Crippen LogP contribution in [0.15, 0.2) is 0 Å². The van der Waals surface area contributed by atoms with Crippen molar-refractivity contribution in [3.05, 3.63) is 0 Å². The van der Waals surface area contributed by atoms with Gasteiger partial charge >= 0.3 is 12.1 Å². The first kappa shape index (κ1) is 6.85. The predicted octanol–water partition coefficient (Wildman–Crippen LogP) is -0.432. The minimum Gasteiger partial charge on any atom is -0.480 e. The molecule has 0 radical (unpaired) electrons. The van der Waals surface area contributed by atoms with E-state index in [1.807, 2.05) is 0 Å². The van der Waals surface area contributed by atoms with Gasteiger partial charge in [-0.3, -0.25) is 0 Å². The summed E-state index contributed by atoms with van der Waals surface area (Å²) in [4.78, 5) is 20.6. The van der Waals surface area contributed by atoms with E-state index in [1.54, 1.807) is 0 Å². The molecule has 1 amide bonds. The summed E-state index contributed by atoms with van der Waals surface area (Å²) < 4.78 is 4.50. The molecule has 1 fully saturated rings. The van der Waals surface area contributed by atoms with E-state index in [4.69, 9.17) is 5.11 Å². The molecule has 0 aliphatic carbocycles. The molecule has 0 aromatic heterocycles. The van der Waals surface area contributed by atoms with E-state index >= 15 is 0 Å². The molecule has 2 N–H and O–H groups in total. The average Bonchev–Trinajstić information content (AvgIpc) is 2.10. The van der Waals surface area contributed by atoms with Gasteiger partial charge in [-0.25, -0.2) is 9.59 Å². The fourth-order valence-electron chi connectivity index (χ4n) is 0.778. The second kappa shape index (κ2) is 2.17. The third-order valence-corrected chi connectivity index (χ3v) is 1.30. The van der Waals surface area contributed by atoms with E-state index in [0.29, 0.717) is 0 Å². The highest BCUT2D eigenvalue weighted by Crippen LogP contribution is 2.06. The van der Waals surface area contributed by atoms with Crippen molar-refractivity contribution in [2.45, 2.75) is 19.1 Å². The molecule has 0 saturated carbocycles. The summed E-state index contributed by atoms with van der Waals surface area (Å²) in [6, 6.07) is -0.896. The van der Waals surface area contributed by atoms with Gasteiger partial charge in [0.2, 0.25) is 0 Å². The second-order valence-electron chi connectivity index (χ2n) is 2.07. The molecular weight excluding hydrogens is 138 g/mol. The van der Waals surface area contributed by atoms with Crippen molar-refractivity contribution in [2.24, 2.45) is 0 Å². The minimum atomic E-state index is -1.07. The second-order valence-corrected chi connectivity index (χ2v) is 2.07. The van der Waals surface area contributed by atoms with Gasteiger partial charge in [-0.05, 0) is 6.92 Å². The first-order chi connectivity index (χ1) is 4.61. The first-order valence-electron chi connectivity index (χ1n) is 2.81. The molecule has 5 nitrogen and oxygen atoms in total. The zero-order chi connectivity index (χ0) is 7.72. The Labute approximate surface area is 57.0 Å². The monoisotopic (exact) mass is 145 g/mol. The van der Waals surface area contributed by atoms with Crippen molar-refractivity contribution in [1.82, 2.24) is 5.32 Å². The zero-order valence-electron chi connectivity index (χ0n) is 5.33. The molecule has 1 aliphatic heterocycles. The number of carbonyl (C=O) groups is 2. The Balaban J connectivity index is 2.63. The molecule has 2 atom stereocenters. The topological polar surface area (TPSA) is 75.6 Å². The Hall–Kier alpha value is -1.26. The van der Waals surface area contributed by atoms with Gasteiger partial charge in [0.15, 0.2) is 6.04 Å². The summed E-state index contributed by atoms with van der Waals surface area (Å²) in [5.41, 5.74) is 0. The standard InChI is InChI=1S/C5H7NO4/c1-2-3(4(7)8)6-5(9)10-2/h2-3H,1H3,(H,6,9)(H,7,8)/t2-,3+/m0/s1. The van der Waals surface area contributed by atoms with E-state index < -0.39 is 24.2 Å². The number of hydrogen-bond acceptors (Lipinski definition) is 3. The Morgan fingerprint density at radius 3 is 2.60 bits per heavy atom. The summed E-state index contributed by atoms with van der Waals surface area (Å²) in [6.07, 6.45) is -1.25. The van der Waals surface area contributed by atoms with Gasteiger partial charge in [0, 0.05) is 0 Å². The van der Waals surface area contributed by atoms with Crippen LogP contribution >= 0.6 is 0 Å². The quantitative estimate of drug-likeness (QED) is 0.524. The van der Waals surface area contributed by atoms with Gasteiger partial charge in [-0.15, -0.1) is 0 Å². The fourth-order valence-corrected chi connectivity index (χ4v) is 0.778. The number of ether oxygens (including phenoxy) is 1. The number of aliphatic carboxylic acids is 1. The highest BCUT2D eigenvalue weighted by molar-refractivity contribution is 5.83. The number of hydrogen-bond donors (Lipinski definition) is 2. The van der Waals surface area contributed by atoms with Crippen LogP contribution in [-0.2, 0) is 9.53 Å². The molecule has 0 aromatic carbocycles. The van der Waals surface area contributed by atoms with Crippen LogP contribution in [0.2, 0.25) is 0 Å². The smallest absolute Gasteiger partial charge is 0.408 e. The molecule has 0 unspecified atom stereocenters. The van der Waals surface area contributed by atoms with E-state index in [1.165, 1.54) is 6.92 Å². The molecule has 0 spiro atoms. The van der Waals surface area contributed by atoms with Crippen molar-refractivity contribution in [3.63, 3.8) is 0 Å². The highest BCUT2D eigenvalue weighted by Gasteiger charge is 2.35. The largest absolute Gasteiger partial charge is 0.480 e. The zero-order valence-corrected chi connectivity index (χ0v) is 5.33. The Morgan fingerprint density at radius 1 is 1.80 bits per heavy atom. The van der Waals surface area contributed by atoms with Crippen LogP contribution in [0.5, 0.6) is 0 Å². The molecule has 1 heterocycles. The average molecular weight is 145 g/mol. The lowest BCUT2D eigenvalue weighted by molar-refractivity contribution is -0.140. The minimum absolute atomic E-state index is 0.579. The van der Waals surface area contributed by atoms with Crippen LogP contribution in [0.25, 0.3) is 0 Å². The maximum absolute atomic E-state index is 10.4. The van der Waals surface area contributed by atoms with Crippen LogP contribution in [0.4, 0.5) is 4.79 Å². The van der Waals surface area contributed by atoms with Crippen molar-refractivity contribution in [3.8, 4) is 0 Å². The predicted molar refractivity (Wildman–Crippen MR) is 30.5 cm³/mol. The van der Waals surface area contributed by atoms with Crippen molar-refractivity contribution < 1.29 is 19.4 Å². The van der Waals surface area contributed by atoms with Crippen molar-refractivity contribution in [1.29, 1.82) is 0 Å². The molecular formula is C5H7NO4. The lowest BCUT2D eigenvalue weighted by Crippen LogP contribution is -2.37. The van der Waals surface area contributed by atoms with Crippen LogP contribution in [-0.4, -0.2) is 29.3 Å². The van der Waals surface area contributed by atoms with E-state index in [-0.39, 0.29) is 0 Å². The number of alkyl carbamates (subject to hydrolysis) is 1. The number of cyclic esters (lactones) is 1. The summed E-state index contributed by atoms with van der Waals surface area (Å²) >= 11 is 0. The van der Waals surface area contributed by atoms with Crippen molar-refractivity contribution in [2.75, 3.05) is 0 Å². The van der Waals surface area contributed by atoms with Crippen LogP contribution in [0.1, 0.15) is 6.92 Å². The van der Waals surface area contributed by atoms with Gasteiger partial charge in [-0.1, -0.05) is 0 Å². The summed E-state index contributed by atoms with van der Waals surface area (Å²) in [5.74, 6) is -1.07. The summed E-state index contributed by atoms with van der Waals surface area (Å²) in [5, 5.41) is 10.5. The Morgan fingerprint density at radius 2 is 2.40 bits per heavy atom. The number of carboxylic acid groups (broad SMARTS) is 1. The maximum Gasteiger partial charge on any atom is 0.408 e. The molecule has 1 aliphatic rings. The lowest BCUT2D eigenvalue weighted by atomic mass is 10.2. The number of carboxylic acids is 1. The highest BCUT2D eigenvalue weighted by atomic mass is 16.6. The SMILES string of the molecule is C[C@@H]1OC(=O)N[C@H]1C(=O)O. The third-order valence-electron chi connectivity index (χ3n) is 1.30. The first-order valence-corrected chi connectivity index (χ1v) is 2.81. The molecule has 5 heteroatoms. The van der Waals surface area contributed by atoms with Gasteiger partial charge in [-0.2, -0.15) is 0 Å². The van der Waals surface area contributed by atoms with E-state index in [0.717, 1.165) is 0 Å². The van der Waals surface area contributed by atoms with E-state index in [9.17, 15) is 9.59 Å². The van der Waals surface area contributed by atoms with Gasteiger partial charge in [0.05, 0.1) is 0 Å². The number of carbonyl (C=O) groups excluding carboxylic acids is 1. The number of rotatable bonds is 1. The van der Waals surface area contributed by atoms with Crippen LogP contribution in [0, 0.1) is 0 Å². The number of nitrogens with one attached hydrogen (secondary N) is 1. The molecule has 10 heavy (non-hydrogen) atoms. The molecule has 1 rings (SSSR count). The fraction of sp³-hybridized carbons (Fsp3) is 0.600. The normalized spacial score (nSPS) is 31.1. The molecule has 1 saturated heterocycles. The maximum atomic E-state index is 10.4. The molecule has 0 aromatic rings. The third kappa shape index (κ3) is 1.02. The molecule has 0 bridgehead atoms. The molecule has 56 valence electrons. The Kier molecular flexibility index (Phi) is 1.48. The van der Waals surface area contributed by atoms with Crippen LogP contribution in [0.3, 0.4) is 0 Å². The van der Waals surface area contributed by atoms with E-state index in [2.05, 4.69) is 10.1 Å². The van der Waals surface area contributed by atoms with Crippen molar-refractivity contribution >= 4 is 12.1 Å². The van der Waals surface area contributed by atoms with Gasteiger partial charge in [0.1, 0.15) is 6.10 Å². The number of amides is 1. The van der Waals surface area contributed by atoms with Crippen LogP contribution < -0.4 is 5.32 Å².